The van der Waals surface area contributed by atoms with E-state index in [1.165, 1.54) is 4.90 Å². The largest absolute Gasteiger partial charge is 0.337 e. The second-order valence-corrected chi connectivity index (χ2v) is 5.69. The van der Waals surface area contributed by atoms with Gasteiger partial charge < -0.3 is 15.1 Å². The second kappa shape index (κ2) is 7.24. The molecule has 2 saturated heterocycles. The SMILES string of the molecule is O=C(NCCN1C(=O)CCC1=O)N1CCN(c2ncccn2)CC1. The quantitative estimate of drug-likeness (QED) is 0.743. The van der Waals surface area contributed by atoms with Crippen LogP contribution in [-0.2, 0) is 9.59 Å². The van der Waals surface area contributed by atoms with E-state index >= 15 is 0 Å². The number of nitrogens with zero attached hydrogens (tertiary/aromatic N) is 5. The number of likely N-dealkylation sites (tertiary alicyclic amines) is 1. The number of amides is 4. The molecule has 1 aromatic rings. The second-order valence-electron chi connectivity index (χ2n) is 5.69. The summed E-state index contributed by atoms with van der Waals surface area (Å²) in [7, 11) is 0. The summed E-state index contributed by atoms with van der Waals surface area (Å²) in [5.41, 5.74) is 0. The Hall–Kier alpha value is -2.71. The fourth-order valence-electron chi connectivity index (χ4n) is 2.82. The number of carbonyl (C=O) groups is 3. The van der Waals surface area contributed by atoms with Gasteiger partial charge in [0.05, 0.1) is 0 Å². The topological polar surface area (TPSA) is 98.7 Å². The van der Waals surface area contributed by atoms with Crippen LogP contribution in [0.4, 0.5) is 10.7 Å². The van der Waals surface area contributed by atoms with Gasteiger partial charge in [-0.15, -0.1) is 0 Å². The Balaban J connectivity index is 1.41. The minimum Gasteiger partial charge on any atom is -0.337 e. The lowest BCUT2D eigenvalue weighted by molar-refractivity contribution is -0.138. The molecule has 0 radical (unpaired) electrons. The zero-order chi connectivity index (χ0) is 16.9. The average Bonchev–Trinajstić information content (AvgIpc) is 2.94. The molecule has 0 spiro atoms. The Morgan fingerprint density at radius 1 is 1.04 bits per heavy atom. The molecule has 0 aromatic carbocycles. The summed E-state index contributed by atoms with van der Waals surface area (Å²) in [5, 5.41) is 2.77. The van der Waals surface area contributed by atoms with Crippen LogP contribution >= 0.6 is 0 Å². The molecule has 3 heterocycles. The molecule has 128 valence electrons. The summed E-state index contributed by atoms with van der Waals surface area (Å²) in [4.78, 5) is 48.5. The van der Waals surface area contributed by atoms with Gasteiger partial charge in [0.2, 0.25) is 17.8 Å². The normalized spacial score (nSPS) is 18.2. The highest BCUT2D eigenvalue weighted by Gasteiger charge is 2.28. The van der Waals surface area contributed by atoms with Crippen molar-refractivity contribution in [2.75, 3.05) is 44.2 Å². The van der Waals surface area contributed by atoms with Crippen LogP contribution in [0.5, 0.6) is 0 Å². The Labute approximate surface area is 139 Å². The fraction of sp³-hybridized carbons (Fsp3) is 0.533. The number of hydrogen-bond acceptors (Lipinski definition) is 6. The molecule has 0 unspecified atom stereocenters. The van der Waals surface area contributed by atoms with Crippen molar-refractivity contribution in [1.29, 1.82) is 0 Å². The molecule has 2 aliphatic rings. The molecule has 0 saturated carbocycles. The monoisotopic (exact) mass is 332 g/mol. The minimum atomic E-state index is -0.178. The third-order valence-electron chi connectivity index (χ3n) is 4.17. The van der Waals surface area contributed by atoms with Crippen LogP contribution in [0, 0.1) is 0 Å². The molecule has 1 aromatic heterocycles. The lowest BCUT2D eigenvalue weighted by atomic mass is 10.3. The maximum atomic E-state index is 12.2. The van der Waals surface area contributed by atoms with Gasteiger partial charge in [-0.3, -0.25) is 14.5 Å². The predicted octanol–water partition coefficient (Wildman–Crippen LogP) is -0.543. The van der Waals surface area contributed by atoms with Crippen LogP contribution in [0.1, 0.15) is 12.8 Å². The predicted molar refractivity (Wildman–Crippen MR) is 85.2 cm³/mol. The van der Waals surface area contributed by atoms with Crippen molar-refractivity contribution < 1.29 is 14.4 Å². The first-order valence-corrected chi connectivity index (χ1v) is 8.03. The van der Waals surface area contributed by atoms with Crippen molar-refractivity contribution in [1.82, 2.24) is 25.1 Å². The minimum absolute atomic E-state index is 0.161. The van der Waals surface area contributed by atoms with E-state index in [9.17, 15) is 14.4 Å². The van der Waals surface area contributed by atoms with E-state index in [0.29, 0.717) is 32.1 Å². The van der Waals surface area contributed by atoms with Crippen LogP contribution < -0.4 is 10.2 Å². The molecular weight excluding hydrogens is 312 g/mol. The molecule has 4 amide bonds. The van der Waals surface area contributed by atoms with Crippen LogP contribution in [0.3, 0.4) is 0 Å². The van der Waals surface area contributed by atoms with Crippen LogP contribution in [0.2, 0.25) is 0 Å². The van der Waals surface area contributed by atoms with E-state index in [1.807, 2.05) is 4.90 Å². The number of rotatable bonds is 4. The maximum Gasteiger partial charge on any atom is 0.317 e. The van der Waals surface area contributed by atoms with Gasteiger partial charge in [0.15, 0.2) is 0 Å². The van der Waals surface area contributed by atoms with Crippen molar-refractivity contribution in [2.45, 2.75) is 12.8 Å². The Bertz CT molecular complexity index is 599. The van der Waals surface area contributed by atoms with Crippen molar-refractivity contribution in [3.05, 3.63) is 18.5 Å². The number of urea groups is 1. The molecule has 0 atom stereocenters. The molecule has 3 rings (SSSR count). The first-order valence-electron chi connectivity index (χ1n) is 8.03. The number of hydrogen-bond donors (Lipinski definition) is 1. The zero-order valence-corrected chi connectivity index (χ0v) is 13.3. The van der Waals surface area contributed by atoms with Crippen LogP contribution in [0.25, 0.3) is 0 Å². The van der Waals surface area contributed by atoms with E-state index < -0.39 is 0 Å². The highest BCUT2D eigenvalue weighted by atomic mass is 16.2. The Kier molecular flexibility index (Phi) is 4.88. The first kappa shape index (κ1) is 16.2. The molecule has 1 N–H and O–H groups in total. The molecule has 2 fully saturated rings. The van der Waals surface area contributed by atoms with Gasteiger partial charge in [-0.1, -0.05) is 0 Å². The molecule has 0 bridgehead atoms. The Morgan fingerprint density at radius 3 is 2.29 bits per heavy atom. The standard InChI is InChI=1S/C15H20N6O3/c22-12-2-3-13(23)21(12)7-6-18-15(24)20-10-8-19(9-11-20)14-16-4-1-5-17-14/h1,4-5H,2-3,6-11H2,(H,18,24). The molecule has 9 heteroatoms. The first-order chi connectivity index (χ1) is 11.6. The van der Waals surface area contributed by atoms with Crippen molar-refractivity contribution in [3.63, 3.8) is 0 Å². The number of anilines is 1. The third kappa shape index (κ3) is 3.61. The van der Waals surface area contributed by atoms with Crippen LogP contribution in [0.15, 0.2) is 18.5 Å². The van der Waals surface area contributed by atoms with Gasteiger partial charge in [-0.2, -0.15) is 0 Å². The van der Waals surface area contributed by atoms with Gasteiger partial charge in [0.25, 0.3) is 0 Å². The van der Waals surface area contributed by atoms with Gasteiger partial charge in [0, 0.05) is 64.5 Å². The summed E-state index contributed by atoms with van der Waals surface area (Å²) in [6.07, 6.45) is 3.94. The van der Waals surface area contributed by atoms with Gasteiger partial charge >= 0.3 is 6.03 Å². The average molecular weight is 332 g/mol. The number of imide groups is 1. The van der Waals surface area contributed by atoms with E-state index in [4.69, 9.17) is 0 Å². The van der Waals surface area contributed by atoms with Crippen molar-refractivity contribution in [2.24, 2.45) is 0 Å². The lowest BCUT2D eigenvalue weighted by Gasteiger charge is -2.34. The van der Waals surface area contributed by atoms with Gasteiger partial charge in [-0.05, 0) is 6.07 Å². The summed E-state index contributed by atoms with van der Waals surface area (Å²) in [6.45, 7) is 3.00. The molecule has 9 nitrogen and oxygen atoms in total. The van der Waals surface area contributed by atoms with Crippen LogP contribution in [-0.4, -0.2) is 76.9 Å². The summed E-state index contributed by atoms with van der Waals surface area (Å²) >= 11 is 0. The number of nitrogens with one attached hydrogen (secondary N) is 1. The van der Waals surface area contributed by atoms with Gasteiger partial charge in [-0.25, -0.2) is 14.8 Å². The maximum absolute atomic E-state index is 12.2. The van der Waals surface area contributed by atoms with E-state index in [-0.39, 0.29) is 43.8 Å². The lowest BCUT2D eigenvalue weighted by Crippen LogP contribution is -2.53. The van der Waals surface area contributed by atoms with E-state index in [0.717, 1.165) is 0 Å². The summed E-state index contributed by atoms with van der Waals surface area (Å²) in [5.74, 6) is 0.347. The molecule has 0 aliphatic carbocycles. The number of carbonyl (C=O) groups excluding carboxylic acids is 3. The number of aromatic nitrogens is 2. The Morgan fingerprint density at radius 2 is 1.67 bits per heavy atom. The van der Waals surface area contributed by atoms with E-state index in [2.05, 4.69) is 15.3 Å². The number of piperazine rings is 1. The fourth-order valence-corrected chi connectivity index (χ4v) is 2.82. The molecule has 24 heavy (non-hydrogen) atoms. The zero-order valence-electron chi connectivity index (χ0n) is 13.3. The summed E-state index contributed by atoms with van der Waals surface area (Å²) < 4.78 is 0. The van der Waals surface area contributed by atoms with Crippen molar-refractivity contribution in [3.8, 4) is 0 Å². The highest BCUT2D eigenvalue weighted by Crippen LogP contribution is 2.11. The highest BCUT2D eigenvalue weighted by molar-refractivity contribution is 6.01. The molecular formula is C15H20N6O3. The third-order valence-corrected chi connectivity index (χ3v) is 4.17. The molecule has 2 aliphatic heterocycles. The van der Waals surface area contributed by atoms with Gasteiger partial charge in [0.1, 0.15) is 0 Å². The van der Waals surface area contributed by atoms with Crippen molar-refractivity contribution >= 4 is 23.8 Å². The summed E-state index contributed by atoms with van der Waals surface area (Å²) in [6, 6.07) is 1.59. The smallest absolute Gasteiger partial charge is 0.317 e. The van der Waals surface area contributed by atoms with E-state index in [1.54, 1.807) is 23.4 Å².